The third-order valence-corrected chi connectivity index (χ3v) is 2.24. The summed E-state index contributed by atoms with van der Waals surface area (Å²) in [5.74, 6) is 0. The molecule has 0 fully saturated rings. The molecule has 8 heteroatoms. The predicted molar refractivity (Wildman–Crippen MR) is 47.9 cm³/mol. The van der Waals surface area contributed by atoms with Crippen molar-refractivity contribution < 1.29 is 17.9 Å². The monoisotopic (exact) mass is 220 g/mol. The molecular weight excluding hydrogens is 212 g/mol. The van der Waals surface area contributed by atoms with Crippen molar-refractivity contribution in [3.8, 4) is 0 Å². The molecule has 0 saturated heterocycles. The maximum Gasteiger partial charge on any atom is 0.301 e. The van der Waals surface area contributed by atoms with Crippen molar-refractivity contribution in [3.05, 3.63) is 34.4 Å². The first-order valence-corrected chi connectivity index (χ1v) is 4.58. The van der Waals surface area contributed by atoms with Crippen LogP contribution in [0, 0.1) is 10.1 Å². The van der Waals surface area contributed by atoms with Crippen molar-refractivity contribution in [2.45, 2.75) is 4.90 Å². The van der Waals surface area contributed by atoms with Crippen LogP contribution in [0.5, 0.6) is 0 Å². The maximum atomic E-state index is 10.6. The fourth-order valence-electron chi connectivity index (χ4n) is 0.826. The van der Waals surface area contributed by atoms with Gasteiger partial charge in [-0.3, -0.25) is 14.7 Å². The first-order valence-electron chi connectivity index (χ1n) is 3.14. The molecular formula is C6H8N2O5S. The van der Waals surface area contributed by atoms with Gasteiger partial charge in [-0.2, -0.15) is 8.42 Å². The third kappa shape index (κ3) is 2.49. The van der Waals surface area contributed by atoms with Crippen LogP contribution in [0.15, 0.2) is 29.2 Å². The van der Waals surface area contributed by atoms with E-state index in [2.05, 4.69) is 0 Å². The van der Waals surface area contributed by atoms with Crippen LogP contribution in [-0.2, 0) is 10.1 Å². The summed E-state index contributed by atoms with van der Waals surface area (Å²) in [5, 5.41) is 10.3. The molecule has 0 radical (unpaired) electrons. The van der Waals surface area contributed by atoms with Gasteiger partial charge in [0, 0.05) is 6.07 Å². The van der Waals surface area contributed by atoms with Gasteiger partial charge in [-0.15, -0.1) is 0 Å². The van der Waals surface area contributed by atoms with Gasteiger partial charge in [0.25, 0.3) is 5.69 Å². The second-order valence-electron chi connectivity index (χ2n) is 2.20. The molecule has 0 heterocycles. The predicted octanol–water partition coefficient (Wildman–Crippen LogP) is 1.00. The summed E-state index contributed by atoms with van der Waals surface area (Å²) in [5.41, 5.74) is -0.634. The Bertz CT molecular complexity index is 441. The van der Waals surface area contributed by atoms with Gasteiger partial charge in [-0.1, -0.05) is 12.1 Å². The van der Waals surface area contributed by atoms with E-state index in [1.54, 1.807) is 0 Å². The Morgan fingerprint density at radius 1 is 1.29 bits per heavy atom. The second-order valence-corrected chi connectivity index (χ2v) is 3.59. The highest BCUT2D eigenvalue weighted by Gasteiger charge is 2.22. The van der Waals surface area contributed by atoms with Gasteiger partial charge < -0.3 is 6.15 Å². The highest BCUT2D eigenvalue weighted by Crippen LogP contribution is 2.21. The minimum atomic E-state index is -4.52. The molecule has 0 amide bonds. The summed E-state index contributed by atoms with van der Waals surface area (Å²) in [4.78, 5) is 8.73. The molecule has 0 saturated carbocycles. The van der Waals surface area contributed by atoms with Crippen LogP contribution in [0.25, 0.3) is 0 Å². The Kier molecular flexibility index (Phi) is 3.69. The lowest BCUT2D eigenvalue weighted by molar-refractivity contribution is -0.387. The van der Waals surface area contributed by atoms with Gasteiger partial charge in [0.2, 0.25) is 0 Å². The van der Waals surface area contributed by atoms with Gasteiger partial charge in [-0.25, -0.2) is 0 Å². The fraction of sp³-hybridized carbons (Fsp3) is 0. The number of nitro benzene ring substituents is 1. The quantitative estimate of drug-likeness (QED) is 0.434. The van der Waals surface area contributed by atoms with Crippen LogP contribution in [0.2, 0.25) is 0 Å². The van der Waals surface area contributed by atoms with E-state index in [4.69, 9.17) is 4.55 Å². The van der Waals surface area contributed by atoms with Crippen LogP contribution < -0.4 is 6.15 Å². The first-order chi connectivity index (χ1) is 5.93. The average Bonchev–Trinajstić information content (AvgIpc) is 2.03. The number of hydrogen-bond acceptors (Lipinski definition) is 5. The van der Waals surface area contributed by atoms with E-state index in [1.165, 1.54) is 12.1 Å². The van der Waals surface area contributed by atoms with Crippen molar-refractivity contribution in [3.63, 3.8) is 0 Å². The van der Waals surface area contributed by atoms with Crippen LogP contribution in [0.4, 0.5) is 5.69 Å². The molecule has 0 aliphatic heterocycles. The van der Waals surface area contributed by atoms with Gasteiger partial charge >= 0.3 is 10.1 Å². The minimum Gasteiger partial charge on any atom is -0.344 e. The zero-order chi connectivity index (χ0) is 10.1. The van der Waals surface area contributed by atoms with E-state index in [9.17, 15) is 18.5 Å². The number of benzene rings is 1. The number of nitro groups is 1. The highest BCUT2D eigenvalue weighted by molar-refractivity contribution is 7.86. The molecule has 0 aromatic heterocycles. The Hall–Kier alpha value is -1.51. The van der Waals surface area contributed by atoms with Crippen LogP contribution in [0.1, 0.15) is 0 Å². The Morgan fingerprint density at radius 3 is 2.14 bits per heavy atom. The smallest absolute Gasteiger partial charge is 0.301 e. The lowest BCUT2D eigenvalue weighted by Gasteiger charge is -1.97. The number of hydrogen-bond donors (Lipinski definition) is 2. The van der Waals surface area contributed by atoms with Crippen molar-refractivity contribution in [2.24, 2.45) is 0 Å². The van der Waals surface area contributed by atoms with E-state index in [0.717, 1.165) is 12.1 Å². The summed E-state index contributed by atoms with van der Waals surface area (Å²) in [6.07, 6.45) is 0. The normalized spacial score (nSPS) is 10.4. The van der Waals surface area contributed by atoms with E-state index >= 15 is 0 Å². The van der Waals surface area contributed by atoms with Gasteiger partial charge in [0.15, 0.2) is 4.90 Å². The zero-order valence-electron chi connectivity index (χ0n) is 6.95. The molecule has 0 aliphatic carbocycles. The molecule has 1 aromatic rings. The van der Waals surface area contributed by atoms with Crippen molar-refractivity contribution in [1.82, 2.24) is 6.15 Å². The lowest BCUT2D eigenvalue weighted by atomic mass is 10.3. The van der Waals surface area contributed by atoms with Gasteiger partial charge in [0.1, 0.15) is 0 Å². The standard InChI is InChI=1S/C6H5NO5S.H3N/c8-7(9)5-3-1-2-4-6(5)13(10,11)12;/h1-4H,(H,10,11,12);1H3. The molecule has 0 spiro atoms. The van der Waals surface area contributed by atoms with E-state index in [1.807, 2.05) is 0 Å². The number of rotatable bonds is 2. The molecule has 1 rings (SSSR count). The van der Waals surface area contributed by atoms with Crippen molar-refractivity contribution in [1.29, 1.82) is 0 Å². The summed E-state index contributed by atoms with van der Waals surface area (Å²) in [7, 11) is -4.52. The summed E-state index contributed by atoms with van der Waals surface area (Å²) >= 11 is 0. The summed E-state index contributed by atoms with van der Waals surface area (Å²) < 4.78 is 29.8. The molecule has 14 heavy (non-hydrogen) atoms. The van der Waals surface area contributed by atoms with E-state index < -0.39 is 25.6 Å². The van der Waals surface area contributed by atoms with Crippen molar-refractivity contribution in [2.75, 3.05) is 0 Å². The van der Waals surface area contributed by atoms with Crippen LogP contribution in [-0.4, -0.2) is 17.9 Å². The molecule has 78 valence electrons. The fourth-order valence-corrected chi connectivity index (χ4v) is 1.48. The number of nitrogens with zero attached hydrogens (tertiary/aromatic N) is 1. The molecule has 7 nitrogen and oxygen atoms in total. The van der Waals surface area contributed by atoms with Crippen molar-refractivity contribution >= 4 is 15.8 Å². The minimum absolute atomic E-state index is 0. The molecule has 0 atom stereocenters. The highest BCUT2D eigenvalue weighted by atomic mass is 32.2. The van der Waals surface area contributed by atoms with E-state index in [-0.39, 0.29) is 6.15 Å². The first kappa shape index (κ1) is 12.5. The summed E-state index contributed by atoms with van der Waals surface area (Å²) in [6.45, 7) is 0. The molecule has 0 unspecified atom stereocenters. The lowest BCUT2D eigenvalue weighted by Crippen LogP contribution is -2.02. The molecule has 0 aliphatic rings. The maximum absolute atomic E-state index is 10.6. The van der Waals surface area contributed by atoms with Gasteiger partial charge in [-0.05, 0) is 6.07 Å². The summed E-state index contributed by atoms with van der Waals surface area (Å²) in [6, 6.07) is 4.57. The largest absolute Gasteiger partial charge is 0.344 e. The molecule has 1 aromatic carbocycles. The molecule has 4 N–H and O–H groups in total. The zero-order valence-corrected chi connectivity index (χ0v) is 7.77. The van der Waals surface area contributed by atoms with E-state index in [0.29, 0.717) is 0 Å². The number of para-hydroxylation sites is 1. The third-order valence-electron chi connectivity index (χ3n) is 1.34. The average molecular weight is 220 g/mol. The van der Waals surface area contributed by atoms with Crippen LogP contribution in [0.3, 0.4) is 0 Å². The Labute approximate surface area is 79.8 Å². The van der Waals surface area contributed by atoms with Crippen LogP contribution >= 0.6 is 0 Å². The SMILES string of the molecule is N.O=[N+]([O-])c1ccccc1S(=O)(=O)O. The Morgan fingerprint density at radius 2 is 1.79 bits per heavy atom. The molecule has 0 bridgehead atoms. The second kappa shape index (κ2) is 4.13. The van der Waals surface area contributed by atoms with Gasteiger partial charge in [0.05, 0.1) is 4.92 Å². The topological polar surface area (TPSA) is 133 Å². The Balaban J connectivity index is 0.00000169.